The lowest BCUT2D eigenvalue weighted by atomic mass is 10.1. The van der Waals surface area contributed by atoms with Crippen LogP contribution in [0.15, 0.2) is 12.3 Å². The fraction of sp³-hybridized carbons (Fsp3) is 0.571. The predicted octanol–water partition coefficient (Wildman–Crippen LogP) is 3.71. The number of rotatable bonds is 3. The number of hydrogen-bond acceptors (Lipinski definition) is 3. The molecule has 0 aromatic carbocycles. The maximum atomic E-state index is 11.7. The zero-order valence-corrected chi connectivity index (χ0v) is 12.8. The standard InChI is InChI=1S/C14H21ClN2O2/c1-9-6-11(7-15)12(16-8-9)10(2)17-13(18)19-14(3,4)5/h6,8,10H,7H2,1-5H3,(H,17,18). The largest absolute Gasteiger partial charge is 0.444 e. The molecule has 19 heavy (non-hydrogen) atoms. The molecule has 1 aromatic heterocycles. The third kappa shape index (κ3) is 5.07. The molecule has 0 fully saturated rings. The Labute approximate surface area is 119 Å². The molecule has 1 atom stereocenters. The van der Waals surface area contributed by atoms with Gasteiger partial charge in [-0.15, -0.1) is 11.6 Å². The van der Waals surface area contributed by atoms with Crippen molar-refractivity contribution in [2.45, 2.75) is 52.1 Å². The molecular weight excluding hydrogens is 264 g/mol. The van der Waals surface area contributed by atoms with Crippen molar-refractivity contribution in [3.8, 4) is 0 Å². The van der Waals surface area contributed by atoms with E-state index in [1.165, 1.54) is 0 Å². The van der Waals surface area contributed by atoms with E-state index >= 15 is 0 Å². The molecule has 0 aliphatic carbocycles. The van der Waals surface area contributed by atoms with Gasteiger partial charge in [0.05, 0.1) is 11.7 Å². The molecule has 0 saturated carbocycles. The minimum atomic E-state index is -0.514. The second-order valence-electron chi connectivity index (χ2n) is 5.56. The van der Waals surface area contributed by atoms with Crippen LogP contribution in [0.2, 0.25) is 0 Å². The molecule has 1 N–H and O–H groups in total. The van der Waals surface area contributed by atoms with Crippen molar-refractivity contribution < 1.29 is 9.53 Å². The molecule has 1 amide bonds. The first-order valence-corrected chi connectivity index (χ1v) is 6.77. The van der Waals surface area contributed by atoms with Crippen LogP contribution in [-0.4, -0.2) is 16.7 Å². The van der Waals surface area contributed by atoms with Gasteiger partial charge in [-0.05, 0) is 45.7 Å². The summed E-state index contributed by atoms with van der Waals surface area (Å²) in [7, 11) is 0. The Morgan fingerprint density at radius 1 is 1.53 bits per heavy atom. The molecule has 1 unspecified atom stereocenters. The van der Waals surface area contributed by atoms with Crippen LogP contribution in [0.5, 0.6) is 0 Å². The number of alkyl carbamates (subject to hydrolysis) is 1. The summed E-state index contributed by atoms with van der Waals surface area (Å²) in [5, 5.41) is 2.76. The van der Waals surface area contributed by atoms with E-state index in [-0.39, 0.29) is 6.04 Å². The van der Waals surface area contributed by atoms with Crippen LogP contribution in [0.1, 0.15) is 50.6 Å². The van der Waals surface area contributed by atoms with Gasteiger partial charge in [-0.2, -0.15) is 0 Å². The van der Waals surface area contributed by atoms with E-state index in [0.717, 1.165) is 16.8 Å². The number of amides is 1. The monoisotopic (exact) mass is 284 g/mol. The molecule has 0 spiro atoms. The normalized spacial score (nSPS) is 12.9. The van der Waals surface area contributed by atoms with Gasteiger partial charge in [0.2, 0.25) is 0 Å². The molecule has 5 heteroatoms. The van der Waals surface area contributed by atoms with Crippen LogP contribution in [0.3, 0.4) is 0 Å². The number of alkyl halides is 1. The lowest BCUT2D eigenvalue weighted by molar-refractivity contribution is 0.0507. The van der Waals surface area contributed by atoms with E-state index < -0.39 is 11.7 Å². The Kier molecular flexibility index (Phi) is 5.18. The highest BCUT2D eigenvalue weighted by Crippen LogP contribution is 2.19. The number of halogens is 1. The highest BCUT2D eigenvalue weighted by molar-refractivity contribution is 6.17. The first kappa shape index (κ1) is 15.8. The number of nitrogens with one attached hydrogen (secondary N) is 1. The fourth-order valence-electron chi connectivity index (χ4n) is 1.69. The van der Waals surface area contributed by atoms with Crippen LogP contribution < -0.4 is 5.32 Å². The first-order valence-electron chi connectivity index (χ1n) is 6.24. The van der Waals surface area contributed by atoms with Crippen LogP contribution in [0.4, 0.5) is 4.79 Å². The van der Waals surface area contributed by atoms with Crippen LogP contribution in [0, 0.1) is 6.92 Å². The molecule has 1 heterocycles. The van der Waals surface area contributed by atoms with Crippen molar-refractivity contribution >= 4 is 17.7 Å². The van der Waals surface area contributed by atoms with Gasteiger partial charge >= 0.3 is 6.09 Å². The Hall–Kier alpha value is -1.29. The average Bonchev–Trinajstić information content (AvgIpc) is 2.25. The molecule has 106 valence electrons. The van der Waals surface area contributed by atoms with Crippen LogP contribution in [-0.2, 0) is 10.6 Å². The number of ether oxygens (including phenoxy) is 1. The second kappa shape index (κ2) is 6.24. The minimum Gasteiger partial charge on any atom is -0.444 e. The van der Waals surface area contributed by atoms with Crippen molar-refractivity contribution in [1.29, 1.82) is 0 Å². The summed E-state index contributed by atoms with van der Waals surface area (Å²) in [6.45, 7) is 9.29. The lowest BCUT2D eigenvalue weighted by Crippen LogP contribution is -2.34. The molecule has 0 aliphatic heterocycles. The minimum absolute atomic E-state index is 0.246. The van der Waals surface area contributed by atoms with E-state index in [0.29, 0.717) is 5.88 Å². The molecule has 1 aromatic rings. The molecule has 0 bridgehead atoms. The van der Waals surface area contributed by atoms with E-state index in [4.69, 9.17) is 16.3 Å². The molecule has 0 radical (unpaired) electrons. The summed E-state index contributed by atoms with van der Waals surface area (Å²) >= 11 is 5.91. The summed E-state index contributed by atoms with van der Waals surface area (Å²) in [5.74, 6) is 0.365. The maximum Gasteiger partial charge on any atom is 0.408 e. The van der Waals surface area contributed by atoms with Crippen molar-refractivity contribution in [3.05, 3.63) is 29.1 Å². The SMILES string of the molecule is Cc1cnc(C(C)NC(=O)OC(C)(C)C)c(CCl)c1. The Bertz CT molecular complexity index is 455. The number of carbonyl (C=O) groups excluding carboxylic acids is 1. The van der Waals surface area contributed by atoms with E-state index in [9.17, 15) is 4.79 Å². The Morgan fingerprint density at radius 2 is 2.16 bits per heavy atom. The smallest absolute Gasteiger partial charge is 0.408 e. The van der Waals surface area contributed by atoms with Gasteiger partial charge in [-0.3, -0.25) is 4.98 Å². The first-order chi connectivity index (χ1) is 8.73. The number of carbonyl (C=O) groups is 1. The second-order valence-corrected chi connectivity index (χ2v) is 5.83. The number of aryl methyl sites for hydroxylation is 1. The van der Waals surface area contributed by atoms with E-state index in [1.807, 2.05) is 40.7 Å². The third-order valence-corrected chi connectivity index (χ3v) is 2.71. The molecule has 4 nitrogen and oxygen atoms in total. The van der Waals surface area contributed by atoms with E-state index in [1.54, 1.807) is 6.20 Å². The average molecular weight is 285 g/mol. The van der Waals surface area contributed by atoms with Gasteiger partial charge in [0, 0.05) is 12.1 Å². The van der Waals surface area contributed by atoms with Gasteiger partial charge in [0.15, 0.2) is 0 Å². The highest BCUT2D eigenvalue weighted by Gasteiger charge is 2.20. The van der Waals surface area contributed by atoms with Gasteiger partial charge in [-0.25, -0.2) is 4.79 Å². The number of pyridine rings is 1. The summed E-state index contributed by atoms with van der Waals surface area (Å²) in [4.78, 5) is 16.1. The van der Waals surface area contributed by atoms with Crippen molar-refractivity contribution in [2.24, 2.45) is 0 Å². The van der Waals surface area contributed by atoms with Gasteiger partial charge in [-0.1, -0.05) is 6.07 Å². The lowest BCUT2D eigenvalue weighted by Gasteiger charge is -2.22. The predicted molar refractivity (Wildman–Crippen MR) is 76.3 cm³/mol. The van der Waals surface area contributed by atoms with Gasteiger partial charge < -0.3 is 10.1 Å². The highest BCUT2D eigenvalue weighted by atomic mass is 35.5. The zero-order valence-electron chi connectivity index (χ0n) is 12.1. The molecular formula is C14H21ClN2O2. The summed E-state index contributed by atoms with van der Waals surface area (Å²) < 4.78 is 5.22. The van der Waals surface area contributed by atoms with E-state index in [2.05, 4.69) is 10.3 Å². The Morgan fingerprint density at radius 3 is 2.68 bits per heavy atom. The third-order valence-electron chi connectivity index (χ3n) is 2.43. The summed E-state index contributed by atoms with van der Waals surface area (Å²) in [6, 6.07) is 1.73. The Balaban J connectivity index is 2.78. The zero-order chi connectivity index (χ0) is 14.6. The van der Waals surface area contributed by atoms with Gasteiger partial charge in [0.1, 0.15) is 5.60 Å². The quantitative estimate of drug-likeness (QED) is 0.861. The topological polar surface area (TPSA) is 51.2 Å². The fourth-order valence-corrected chi connectivity index (χ4v) is 1.90. The molecule has 1 rings (SSSR count). The molecule has 0 aliphatic rings. The van der Waals surface area contributed by atoms with Crippen molar-refractivity contribution in [3.63, 3.8) is 0 Å². The summed E-state index contributed by atoms with van der Waals surface area (Å²) in [6.07, 6.45) is 1.31. The maximum absolute atomic E-state index is 11.7. The number of hydrogen-bond donors (Lipinski definition) is 1. The summed E-state index contributed by atoms with van der Waals surface area (Å²) in [5.41, 5.74) is 2.22. The molecule has 0 saturated heterocycles. The van der Waals surface area contributed by atoms with Gasteiger partial charge in [0.25, 0.3) is 0 Å². The number of aromatic nitrogens is 1. The van der Waals surface area contributed by atoms with Crippen LogP contribution in [0.25, 0.3) is 0 Å². The van der Waals surface area contributed by atoms with Crippen LogP contribution >= 0.6 is 11.6 Å². The number of nitrogens with zero attached hydrogens (tertiary/aromatic N) is 1. The van der Waals surface area contributed by atoms with Crippen molar-refractivity contribution in [1.82, 2.24) is 10.3 Å². The van der Waals surface area contributed by atoms with Crippen molar-refractivity contribution in [2.75, 3.05) is 0 Å².